The maximum absolute atomic E-state index is 9.01. The number of hydrogen-bond acceptors (Lipinski definition) is 12. The summed E-state index contributed by atoms with van der Waals surface area (Å²) in [6.07, 6.45) is 0. The Bertz CT molecular complexity index is 222. The van der Waals surface area contributed by atoms with E-state index in [-0.39, 0.29) is 20.1 Å². The van der Waals surface area contributed by atoms with Crippen molar-refractivity contribution in [3.63, 3.8) is 0 Å². The van der Waals surface area contributed by atoms with Crippen LogP contribution in [-0.2, 0) is 39.3 Å². The third-order valence-electron chi connectivity index (χ3n) is 0.516. The molecule has 0 aromatic carbocycles. The van der Waals surface area contributed by atoms with Gasteiger partial charge in [-0.3, -0.25) is 0 Å². The molecule has 13 heteroatoms. The van der Waals surface area contributed by atoms with E-state index in [1.807, 2.05) is 0 Å². The van der Waals surface area contributed by atoms with Crippen LogP contribution in [0, 0.1) is 0 Å². The summed E-state index contributed by atoms with van der Waals surface area (Å²) in [6, 6.07) is 0. The van der Waals surface area contributed by atoms with Crippen LogP contribution in [-0.4, -0.2) is 70.7 Å². The van der Waals surface area contributed by atoms with Crippen molar-refractivity contribution in [2.75, 3.05) is 26.4 Å². The maximum atomic E-state index is 9.01. The van der Waals surface area contributed by atoms with Crippen LogP contribution in [0.15, 0.2) is 0 Å². The minimum atomic E-state index is -1.44. The summed E-state index contributed by atoms with van der Waals surface area (Å²) in [4.78, 5) is 36.0. The molecule has 0 atom stereocenters. The van der Waals surface area contributed by atoms with Crippen LogP contribution in [0.1, 0.15) is 0 Å². The van der Waals surface area contributed by atoms with E-state index >= 15 is 0 Å². The first-order valence-electron chi connectivity index (χ1n) is 4.31. The summed E-state index contributed by atoms with van der Waals surface area (Å²) < 4.78 is 0. The Kier molecular flexibility index (Phi) is 40.5. The fourth-order valence-corrected chi connectivity index (χ4v) is 0. The Labute approximate surface area is 131 Å². The summed E-state index contributed by atoms with van der Waals surface area (Å²) in [7, 11) is 0. The maximum Gasteiger partial charge on any atom is 4.00 e. The van der Waals surface area contributed by atoms with Crippen LogP contribution in [0.5, 0.6) is 0 Å². The van der Waals surface area contributed by atoms with Crippen molar-refractivity contribution in [3.8, 4) is 0 Å². The third-order valence-corrected chi connectivity index (χ3v) is 0.516. The molecule has 0 unspecified atom stereocenters. The standard InChI is InChI=1S/4C2H4O3.Ir/c4*3-1-2(4)5;/h4*3H,1H2,(H,4,5);/q;;;;+4/p-4. The van der Waals surface area contributed by atoms with Crippen molar-refractivity contribution >= 4 is 23.9 Å². The topological polar surface area (TPSA) is 241 Å². The number of rotatable bonds is 4. The van der Waals surface area contributed by atoms with Gasteiger partial charge in [-0.25, -0.2) is 0 Å². The van der Waals surface area contributed by atoms with Crippen LogP contribution in [0.3, 0.4) is 0 Å². The van der Waals surface area contributed by atoms with Gasteiger partial charge in [-0.1, -0.05) is 0 Å². The van der Waals surface area contributed by atoms with Crippen molar-refractivity contribution in [1.29, 1.82) is 0 Å². The monoisotopic (exact) mass is 493 g/mol. The van der Waals surface area contributed by atoms with Gasteiger partial charge >= 0.3 is 20.1 Å². The normalized spacial score (nSPS) is 7.05. The third kappa shape index (κ3) is 121. The van der Waals surface area contributed by atoms with E-state index < -0.39 is 50.3 Å². The smallest absolute Gasteiger partial charge is 0.548 e. The van der Waals surface area contributed by atoms with Crippen molar-refractivity contribution in [2.45, 2.75) is 0 Å². The van der Waals surface area contributed by atoms with Crippen molar-refractivity contribution in [3.05, 3.63) is 0 Å². The second-order valence-electron chi connectivity index (χ2n) is 2.12. The predicted octanol–water partition coefficient (Wildman–Crippen LogP) is -9.09. The Morgan fingerprint density at radius 3 is 0.571 bits per heavy atom. The van der Waals surface area contributed by atoms with E-state index in [4.69, 9.17) is 60.0 Å². The van der Waals surface area contributed by atoms with E-state index in [1.165, 1.54) is 0 Å². The number of carboxylic acids is 4. The first kappa shape index (κ1) is 31.7. The average molecular weight is 492 g/mol. The zero-order valence-electron chi connectivity index (χ0n) is 10.2. The number of aliphatic hydroxyl groups excluding tert-OH is 4. The molecule has 0 fully saturated rings. The molecule has 0 amide bonds. The summed E-state index contributed by atoms with van der Waals surface area (Å²) in [6.45, 7) is -3.56. The molecular formula is C8H12IrO12. The number of aliphatic carboxylic acids is 4. The molecular weight excluding hydrogens is 480 g/mol. The molecule has 0 aliphatic heterocycles. The van der Waals surface area contributed by atoms with Gasteiger partial charge in [0, 0.05) is 0 Å². The van der Waals surface area contributed by atoms with E-state index in [1.54, 1.807) is 0 Å². The molecule has 0 rings (SSSR count). The summed E-state index contributed by atoms with van der Waals surface area (Å²) >= 11 is 0. The zero-order valence-corrected chi connectivity index (χ0v) is 12.6. The minimum absolute atomic E-state index is 0. The number of carboxylic acid groups (broad SMARTS) is 4. The largest absolute Gasteiger partial charge is 4.00 e. The Morgan fingerprint density at radius 2 is 0.571 bits per heavy atom. The first-order valence-corrected chi connectivity index (χ1v) is 4.31. The van der Waals surface area contributed by atoms with Gasteiger partial charge in [0.25, 0.3) is 0 Å². The van der Waals surface area contributed by atoms with Gasteiger partial charge in [0.15, 0.2) is 0 Å². The summed E-state index contributed by atoms with van der Waals surface area (Å²) in [5.41, 5.74) is 0. The quantitative estimate of drug-likeness (QED) is 0.286. The minimum Gasteiger partial charge on any atom is -0.548 e. The summed E-state index contributed by atoms with van der Waals surface area (Å²) in [5, 5.41) is 66.0. The number of aliphatic hydroxyl groups is 4. The van der Waals surface area contributed by atoms with E-state index in [9.17, 15) is 0 Å². The molecule has 4 N–H and O–H groups in total. The molecule has 0 saturated heterocycles. The zero-order chi connectivity index (χ0) is 17.1. The molecule has 125 valence electrons. The molecule has 12 nitrogen and oxygen atoms in total. The first-order chi connectivity index (χ1) is 9.08. The fraction of sp³-hybridized carbons (Fsp3) is 0.500. The molecule has 21 heavy (non-hydrogen) atoms. The Hall–Kier alpha value is -1.63. The van der Waals surface area contributed by atoms with Crippen LogP contribution < -0.4 is 20.4 Å². The van der Waals surface area contributed by atoms with E-state index in [0.29, 0.717) is 0 Å². The molecule has 1 radical (unpaired) electrons. The van der Waals surface area contributed by atoms with Crippen molar-refractivity contribution in [2.24, 2.45) is 0 Å². The molecule has 0 aliphatic carbocycles. The van der Waals surface area contributed by atoms with Gasteiger partial charge in [-0.05, 0) is 0 Å². The number of carbonyl (C=O) groups is 4. The van der Waals surface area contributed by atoms with Gasteiger partial charge in [-0.15, -0.1) is 0 Å². The van der Waals surface area contributed by atoms with Gasteiger partial charge < -0.3 is 60.0 Å². The van der Waals surface area contributed by atoms with Crippen molar-refractivity contribution in [1.82, 2.24) is 0 Å². The van der Waals surface area contributed by atoms with Crippen LogP contribution in [0.2, 0.25) is 0 Å². The average Bonchev–Trinajstić information content (AvgIpc) is 2.40. The SMILES string of the molecule is O=C([O-])CO.O=C([O-])CO.O=C([O-])CO.O=C([O-])CO.[Ir+4]. The fourth-order valence-electron chi connectivity index (χ4n) is 0. The van der Waals surface area contributed by atoms with Crippen LogP contribution in [0.4, 0.5) is 0 Å². The molecule has 0 spiro atoms. The van der Waals surface area contributed by atoms with Gasteiger partial charge in [0.2, 0.25) is 0 Å². The second kappa shape index (κ2) is 26.8. The van der Waals surface area contributed by atoms with E-state index in [2.05, 4.69) is 0 Å². The Balaban J connectivity index is -0.0000000533. The predicted molar refractivity (Wildman–Crippen MR) is 48.4 cm³/mol. The number of hydrogen-bond donors (Lipinski definition) is 4. The second-order valence-corrected chi connectivity index (χ2v) is 2.12. The molecule has 0 bridgehead atoms. The van der Waals surface area contributed by atoms with Gasteiger partial charge in [0.05, 0.1) is 50.3 Å². The van der Waals surface area contributed by atoms with Crippen LogP contribution >= 0.6 is 0 Å². The van der Waals surface area contributed by atoms with Crippen LogP contribution in [0.25, 0.3) is 0 Å². The van der Waals surface area contributed by atoms with Gasteiger partial charge in [-0.2, -0.15) is 0 Å². The summed E-state index contributed by atoms with van der Waals surface area (Å²) in [5.74, 6) is -5.76. The number of carbonyl (C=O) groups excluding carboxylic acids is 4. The van der Waals surface area contributed by atoms with Gasteiger partial charge in [0.1, 0.15) is 0 Å². The molecule has 0 aromatic heterocycles. The molecule has 0 heterocycles. The Morgan fingerprint density at radius 1 is 0.524 bits per heavy atom. The molecule has 0 saturated carbocycles. The van der Waals surface area contributed by atoms with E-state index in [0.717, 1.165) is 0 Å². The van der Waals surface area contributed by atoms with Crippen molar-refractivity contribution < 1.29 is 80.1 Å². The molecule has 0 aromatic rings. The molecule has 0 aliphatic rings.